The van der Waals surface area contributed by atoms with Gasteiger partial charge in [-0.1, -0.05) is 30.9 Å². The van der Waals surface area contributed by atoms with Crippen molar-refractivity contribution >= 4 is 5.97 Å². The van der Waals surface area contributed by atoms with Gasteiger partial charge in [-0.3, -0.25) is 4.79 Å². The molecule has 0 fully saturated rings. The van der Waals surface area contributed by atoms with Gasteiger partial charge in [0.05, 0.1) is 5.41 Å². The van der Waals surface area contributed by atoms with Crippen LogP contribution in [-0.2, 0) is 4.79 Å². The molecule has 1 N–H and O–H groups in total. The zero-order valence-electron chi connectivity index (χ0n) is 8.37. The SMILES string of the molecule is C=C/C=C(\C=C/C)C(C)(C)C(=O)O. The molecule has 0 aliphatic heterocycles. The van der Waals surface area contributed by atoms with Crippen LogP contribution in [0.4, 0.5) is 0 Å². The normalized spacial score (nSPS) is 13.3. The van der Waals surface area contributed by atoms with Crippen LogP contribution in [0, 0.1) is 5.41 Å². The Bertz CT molecular complexity index is 257. The van der Waals surface area contributed by atoms with Crippen LogP contribution in [0.25, 0.3) is 0 Å². The van der Waals surface area contributed by atoms with Gasteiger partial charge in [0.25, 0.3) is 0 Å². The van der Waals surface area contributed by atoms with Crippen molar-refractivity contribution < 1.29 is 9.90 Å². The molecule has 0 radical (unpaired) electrons. The Morgan fingerprint density at radius 3 is 2.31 bits per heavy atom. The predicted octanol–water partition coefficient (Wildman–Crippen LogP) is 2.79. The number of hydrogen-bond acceptors (Lipinski definition) is 1. The fraction of sp³-hybridized carbons (Fsp3) is 0.364. The molecular weight excluding hydrogens is 164 g/mol. The van der Waals surface area contributed by atoms with Crippen LogP contribution < -0.4 is 0 Å². The van der Waals surface area contributed by atoms with Crippen molar-refractivity contribution in [2.24, 2.45) is 5.41 Å². The monoisotopic (exact) mass is 180 g/mol. The highest BCUT2D eigenvalue weighted by molar-refractivity contribution is 5.78. The lowest BCUT2D eigenvalue weighted by Crippen LogP contribution is -2.25. The molecule has 72 valence electrons. The summed E-state index contributed by atoms with van der Waals surface area (Å²) in [4.78, 5) is 10.9. The maximum Gasteiger partial charge on any atom is 0.313 e. The van der Waals surface area contributed by atoms with Crippen molar-refractivity contribution in [3.8, 4) is 0 Å². The number of carboxylic acids is 1. The molecule has 0 aromatic heterocycles. The van der Waals surface area contributed by atoms with Crippen molar-refractivity contribution in [3.63, 3.8) is 0 Å². The summed E-state index contributed by atoms with van der Waals surface area (Å²) in [6, 6.07) is 0. The molecule has 0 saturated heterocycles. The van der Waals surface area contributed by atoms with E-state index in [0.717, 1.165) is 5.57 Å². The van der Waals surface area contributed by atoms with E-state index >= 15 is 0 Å². The molecule has 0 saturated carbocycles. The standard InChI is InChI=1S/C11H16O2/c1-5-7-9(8-6-2)11(3,4)10(12)13/h5-8H,1H2,2-4H3,(H,12,13)/b8-6-,9-7+. The molecule has 13 heavy (non-hydrogen) atoms. The number of hydrogen-bond donors (Lipinski definition) is 1. The Labute approximate surface area is 79.3 Å². The van der Waals surface area contributed by atoms with Gasteiger partial charge in [0.2, 0.25) is 0 Å². The fourth-order valence-corrected chi connectivity index (χ4v) is 0.902. The second-order valence-corrected chi connectivity index (χ2v) is 3.29. The van der Waals surface area contributed by atoms with E-state index in [1.165, 1.54) is 0 Å². The van der Waals surface area contributed by atoms with Crippen LogP contribution in [0.15, 0.2) is 36.5 Å². The van der Waals surface area contributed by atoms with E-state index in [-0.39, 0.29) is 0 Å². The summed E-state index contributed by atoms with van der Waals surface area (Å²) in [5, 5.41) is 8.96. The molecule has 0 spiro atoms. The summed E-state index contributed by atoms with van der Waals surface area (Å²) in [6.45, 7) is 8.75. The molecule has 0 aliphatic rings. The molecule has 2 nitrogen and oxygen atoms in total. The van der Waals surface area contributed by atoms with Crippen LogP contribution in [0.1, 0.15) is 20.8 Å². The maximum atomic E-state index is 10.9. The molecule has 0 rings (SSSR count). The fourth-order valence-electron chi connectivity index (χ4n) is 0.902. The van der Waals surface area contributed by atoms with Gasteiger partial charge in [0.15, 0.2) is 0 Å². The van der Waals surface area contributed by atoms with E-state index < -0.39 is 11.4 Å². The minimum atomic E-state index is -0.860. The molecule has 0 amide bonds. The van der Waals surface area contributed by atoms with Crippen molar-refractivity contribution in [2.75, 3.05) is 0 Å². The number of carboxylic acid groups (broad SMARTS) is 1. The topological polar surface area (TPSA) is 37.3 Å². The van der Waals surface area contributed by atoms with E-state index in [0.29, 0.717) is 0 Å². The molecule has 2 heteroatoms. The van der Waals surface area contributed by atoms with Crippen LogP contribution in [-0.4, -0.2) is 11.1 Å². The Morgan fingerprint density at radius 1 is 1.46 bits per heavy atom. The van der Waals surface area contributed by atoms with Crippen LogP contribution in [0.5, 0.6) is 0 Å². The van der Waals surface area contributed by atoms with Gasteiger partial charge in [0, 0.05) is 0 Å². The van der Waals surface area contributed by atoms with E-state index in [1.54, 1.807) is 32.1 Å². The summed E-state index contributed by atoms with van der Waals surface area (Å²) in [5.41, 5.74) is -0.113. The lowest BCUT2D eigenvalue weighted by molar-refractivity contribution is -0.144. The first-order valence-corrected chi connectivity index (χ1v) is 4.16. The highest BCUT2D eigenvalue weighted by Crippen LogP contribution is 2.27. The smallest absolute Gasteiger partial charge is 0.313 e. The van der Waals surface area contributed by atoms with Gasteiger partial charge in [-0.25, -0.2) is 0 Å². The minimum absolute atomic E-state index is 0.748. The van der Waals surface area contributed by atoms with Crippen LogP contribution in [0.2, 0.25) is 0 Å². The molecule has 0 heterocycles. The van der Waals surface area contributed by atoms with E-state index in [4.69, 9.17) is 5.11 Å². The molecular formula is C11H16O2. The highest BCUT2D eigenvalue weighted by atomic mass is 16.4. The molecule has 0 atom stereocenters. The van der Waals surface area contributed by atoms with E-state index in [9.17, 15) is 4.79 Å². The first-order valence-electron chi connectivity index (χ1n) is 4.16. The van der Waals surface area contributed by atoms with E-state index in [1.807, 2.05) is 13.0 Å². The average Bonchev–Trinajstić information content (AvgIpc) is 2.03. The zero-order chi connectivity index (χ0) is 10.5. The second-order valence-electron chi connectivity index (χ2n) is 3.29. The zero-order valence-corrected chi connectivity index (χ0v) is 8.37. The van der Waals surface area contributed by atoms with Crippen molar-refractivity contribution in [3.05, 3.63) is 36.5 Å². The number of aliphatic carboxylic acids is 1. The van der Waals surface area contributed by atoms with Gasteiger partial charge < -0.3 is 5.11 Å². The van der Waals surface area contributed by atoms with E-state index in [2.05, 4.69) is 6.58 Å². The Balaban J connectivity index is 5.05. The van der Waals surface area contributed by atoms with Crippen molar-refractivity contribution in [2.45, 2.75) is 20.8 Å². The maximum absolute atomic E-state index is 10.9. The number of rotatable bonds is 4. The molecule has 0 unspecified atom stereocenters. The lowest BCUT2D eigenvalue weighted by Gasteiger charge is -2.20. The molecule has 0 aliphatic carbocycles. The summed E-state index contributed by atoms with van der Waals surface area (Å²) in [5.74, 6) is -0.835. The van der Waals surface area contributed by atoms with Gasteiger partial charge in [-0.05, 0) is 26.3 Å². The molecule has 0 aromatic carbocycles. The van der Waals surface area contributed by atoms with Gasteiger partial charge in [-0.2, -0.15) is 0 Å². The lowest BCUT2D eigenvalue weighted by atomic mass is 9.83. The molecule has 0 aromatic rings. The minimum Gasteiger partial charge on any atom is -0.481 e. The largest absolute Gasteiger partial charge is 0.481 e. The van der Waals surface area contributed by atoms with Crippen molar-refractivity contribution in [1.29, 1.82) is 0 Å². The first kappa shape index (κ1) is 11.7. The number of allylic oxidation sites excluding steroid dienone is 4. The van der Waals surface area contributed by atoms with Crippen molar-refractivity contribution in [1.82, 2.24) is 0 Å². The first-order chi connectivity index (χ1) is 5.96. The highest BCUT2D eigenvalue weighted by Gasteiger charge is 2.29. The average molecular weight is 180 g/mol. The Hall–Kier alpha value is -1.31. The summed E-state index contributed by atoms with van der Waals surface area (Å²) < 4.78 is 0. The third kappa shape index (κ3) is 2.90. The quantitative estimate of drug-likeness (QED) is 0.675. The summed E-state index contributed by atoms with van der Waals surface area (Å²) in [7, 11) is 0. The third-order valence-corrected chi connectivity index (χ3v) is 1.90. The summed E-state index contributed by atoms with van der Waals surface area (Å²) in [6.07, 6.45) is 6.92. The second kappa shape index (κ2) is 4.65. The van der Waals surface area contributed by atoms with Gasteiger partial charge in [-0.15, -0.1) is 0 Å². The summed E-state index contributed by atoms with van der Waals surface area (Å²) >= 11 is 0. The Kier molecular flexibility index (Phi) is 4.18. The van der Waals surface area contributed by atoms with Crippen LogP contribution in [0.3, 0.4) is 0 Å². The van der Waals surface area contributed by atoms with Gasteiger partial charge >= 0.3 is 5.97 Å². The van der Waals surface area contributed by atoms with Crippen LogP contribution >= 0.6 is 0 Å². The predicted molar refractivity (Wildman–Crippen MR) is 54.5 cm³/mol. The number of carbonyl (C=O) groups is 1. The molecule has 0 bridgehead atoms. The third-order valence-electron chi connectivity index (χ3n) is 1.90. The Morgan fingerprint density at radius 2 is 2.00 bits per heavy atom. The van der Waals surface area contributed by atoms with Gasteiger partial charge in [0.1, 0.15) is 0 Å².